The molecule has 2 N–H and O–H groups in total. The number of fused-ring (bicyclic) bond motifs is 1. The number of hydrogen-bond acceptors (Lipinski definition) is 4. The van der Waals surface area contributed by atoms with Crippen LogP contribution in [0.15, 0.2) is 12.2 Å². The maximum atomic E-state index is 15.3. The van der Waals surface area contributed by atoms with Gasteiger partial charge in [0.05, 0.1) is 18.7 Å². The molecular formula is C17H25FN2O4S. The van der Waals surface area contributed by atoms with E-state index < -0.39 is 41.0 Å². The van der Waals surface area contributed by atoms with Crippen LogP contribution in [0.4, 0.5) is 4.39 Å². The molecule has 4 fully saturated rings. The summed E-state index contributed by atoms with van der Waals surface area (Å²) in [6.07, 6.45) is 7.34. The second-order valence-corrected chi connectivity index (χ2v) is 9.66. The number of aliphatic hydroxyl groups excluding tert-OH is 1. The quantitative estimate of drug-likeness (QED) is 0.727. The van der Waals surface area contributed by atoms with E-state index in [1.54, 1.807) is 0 Å². The van der Waals surface area contributed by atoms with Gasteiger partial charge in [0.2, 0.25) is 5.91 Å². The van der Waals surface area contributed by atoms with E-state index in [4.69, 9.17) is 0 Å². The molecule has 6 atom stereocenters. The second kappa shape index (κ2) is 6.32. The molecule has 6 unspecified atom stereocenters. The Kier molecular flexibility index (Phi) is 4.40. The highest BCUT2D eigenvalue weighted by Crippen LogP contribution is 2.46. The molecule has 0 radical (unpaired) electrons. The van der Waals surface area contributed by atoms with E-state index in [1.165, 1.54) is 12.8 Å². The van der Waals surface area contributed by atoms with E-state index in [2.05, 4.69) is 12.2 Å². The zero-order valence-corrected chi connectivity index (χ0v) is 14.9. The minimum atomic E-state index is -4.05. The number of aliphatic hydroxyl groups is 1. The van der Waals surface area contributed by atoms with Gasteiger partial charge in [-0.3, -0.25) is 4.79 Å². The van der Waals surface area contributed by atoms with Crippen LogP contribution in [0.25, 0.3) is 0 Å². The highest BCUT2D eigenvalue weighted by Gasteiger charge is 2.53. The predicted octanol–water partition coefficient (Wildman–Crippen LogP) is 1.13. The van der Waals surface area contributed by atoms with Crippen LogP contribution in [0.1, 0.15) is 38.5 Å². The topological polar surface area (TPSA) is 86.7 Å². The molecule has 1 amide bonds. The Hall–Kier alpha value is -0.990. The van der Waals surface area contributed by atoms with Crippen molar-refractivity contribution in [3.63, 3.8) is 0 Å². The van der Waals surface area contributed by atoms with E-state index in [0.29, 0.717) is 24.7 Å². The van der Waals surface area contributed by atoms with Crippen LogP contribution < -0.4 is 4.72 Å². The molecule has 4 aliphatic rings. The van der Waals surface area contributed by atoms with E-state index in [-0.39, 0.29) is 11.8 Å². The van der Waals surface area contributed by atoms with Crippen molar-refractivity contribution >= 4 is 16.1 Å². The molecule has 6 nitrogen and oxygen atoms in total. The van der Waals surface area contributed by atoms with Crippen LogP contribution in [0.5, 0.6) is 0 Å². The number of allylic oxidation sites excluding steroid dienone is 2. The monoisotopic (exact) mass is 372 g/mol. The molecular weight excluding hydrogens is 347 g/mol. The molecule has 3 aliphatic carbocycles. The Morgan fingerprint density at radius 2 is 1.80 bits per heavy atom. The van der Waals surface area contributed by atoms with E-state index >= 15 is 4.39 Å². The van der Waals surface area contributed by atoms with Crippen LogP contribution in [0, 0.1) is 23.7 Å². The fourth-order valence-corrected chi connectivity index (χ4v) is 6.09. The minimum absolute atomic E-state index is 0.0841. The zero-order chi connectivity index (χ0) is 17.8. The molecule has 0 aromatic rings. The lowest BCUT2D eigenvalue weighted by Gasteiger charge is -2.47. The average Bonchev–Trinajstić information content (AvgIpc) is 3.31. The summed E-state index contributed by atoms with van der Waals surface area (Å²) < 4.78 is 42.2. The van der Waals surface area contributed by atoms with Gasteiger partial charge in [-0.25, -0.2) is 9.11 Å². The van der Waals surface area contributed by atoms with E-state index in [1.807, 2.05) is 4.72 Å². The number of nitrogens with zero attached hydrogens (tertiary/aromatic N) is 1. The summed E-state index contributed by atoms with van der Waals surface area (Å²) in [4.78, 5) is 11.5. The summed E-state index contributed by atoms with van der Waals surface area (Å²) in [5.41, 5.74) is 0. The van der Waals surface area contributed by atoms with E-state index in [0.717, 1.165) is 17.1 Å². The molecule has 1 heterocycles. The van der Waals surface area contributed by atoms with Crippen LogP contribution in [-0.4, -0.2) is 48.6 Å². The number of amides is 1. The third-order valence-electron chi connectivity index (χ3n) is 6.22. The van der Waals surface area contributed by atoms with Crippen molar-refractivity contribution in [2.24, 2.45) is 23.7 Å². The number of carbonyl (C=O) groups excluding carboxylic acids is 1. The number of rotatable bonds is 3. The first kappa shape index (κ1) is 17.4. The average molecular weight is 372 g/mol. The fraction of sp³-hybridized carbons (Fsp3) is 0.824. The number of hydrogen-bond donors (Lipinski definition) is 2. The molecule has 0 aromatic heterocycles. The first-order valence-electron chi connectivity index (χ1n) is 9.18. The lowest BCUT2D eigenvalue weighted by molar-refractivity contribution is -0.119. The summed E-state index contributed by atoms with van der Waals surface area (Å²) in [7, 11) is -4.05. The first-order valence-corrected chi connectivity index (χ1v) is 10.6. The molecule has 8 heteroatoms. The number of halogens is 1. The van der Waals surface area contributed by atoms with Crippen molar-refractivity contribution in [2.75, 3.05) is 6.54 Å². The van der Waals surface area contributed by atoms with Gasteiger partial charge in [-0.05, 0) is 62.2 Å². The molecule has 1 saturated heterocycles. The molecule has 3 saturated carbocycles. The van der Waals surface area contributed by atoms with Gasteiger partial charge >= 0.3 is 10.2 Å². The van der Waals surface area contributed by atoms with Crippen LogP contribution >= 0.6 is 0 Å². The van der Waals surface area contributed by atoms with Gasteiger partial charge in [-0.1, -0.05) is 12.2 Å². The highest BCUT2D eigenvalue weighted by atomic mass is 32.2. The van der Waals surface area contributed by atoms with Crippen molar-refractivity contribution in [3.8, 4) is 0 Å². The van der Waals surface area contributed by atoms with Gasteiger partial charge in [0.1, 0.15) is 6.17 Å². The van der Waals surface area contributed by atoms with Crippen molar-refractivity contribution in [1.29, 1.82) is 0 Å². The molecule has 0 spiro atoms. The van der Waals surface area contributed by atoms with Crippen LogP contribution in [0.2, 0.25) is 0 Å². The third kappa shape index (κ3) is 3.36. The molecule has 0 bridgehead atoms. The highest BCUT2D eigenvalue weighted by molar-refractivity contribution is 7.88. The van der Waals surface area contributed by atoms with Gasteiger partial charge in [0.15, 0.2) is 0 Å². The molecule has 0 aromatic carbocycles. The smallest absolute Gasteiger partial charge is 0.304 e. The van der Waals surface area contributed by atoms with Gasteiger partial charge in [-0.15, -0.1) is 0 Å². The van der Waals surface area contributed by atoms with Crippen molar-refractivity contribution in [1.82, 2.24) is 9.03 Å². The second-order valence-electron chi connectivity index (χ2n) is 8.03. The Bertz CT molecular complexity index is 678. The summed E-state index contributed by atoms with van der Waals surface area (Å²) >= 11 is 0. The SMILES string of the molecule is O=C1CN(C2C(O)CC3CCC(/C=C/C4CC4)CC3C2F)S(=O)(=O)N1. The minimum Gasteiger partial charge on any atom is -0.391 e. The maximum absolute atomic E-state index is 15.3. The fourth-order valence-electron chi connectivity index (χ4n) is 4.76. The lowest BCUT2D eigenvalue weighted by Crippen LogP contribution is -2.58. The lowest BCUT2D eigenvalue weighted by atomic mass is 9.64. The predicted molar refractivity (Wildman–Crippen MR) is 89.3 cm³/mol. The number of nitrogens with one attached hydrogen (secondary N) is 1. The van der Waals surface area contributed by atoms with Crippen molar-refractivity contribution in [2.45, 2.75) is 56.8 Å². The standard InChI is InChI=1S/C17H25FN2O4S/c18-16-13-7-11(4-3-10-1-2-10)5-6-12(13)8-14(21)17(16)20-9-15(22)19-25(20,23)24/h3-4,10-14,16-17,21H,1-2,5-9H2,(H,19,22)/b4-3+. The molecule has 4 rings (SSSR count). The normalized spacial score (nSPS) is 44.6. The number of carbonyl (C=O) groups is 1. The van der Waals surface area contributed by atoms with Gasteiger partial charge < -0.3 is 5.11 Å². The summed E-state index contributed by atoms with van der Waals surface area (Å²) in [6.45, 7) is -0.410. The molecule has 1 aliphatic heterocycles. The Balaban J connectivity index is 1.51. The van der Waals surface area contributed by atoms with E-state index in [9.17, 15) is 18.3 Å². The third-order valence-corrected chi connectivity index (χ3v) is 7.70. The van der Waals surface area contributed by atoms with Crippen LogP contribution in [0.3, 0.4) is 0 Å². The maximum Gasteiger partial charge on any atom is 0.304 e. The van der Waals surface area contributed by atoms with Crippen LogP contribution in [-0.2, 0) is 15.0 Å². The zero-order valence-electron chi connectivity index (χ0n) is 14.1. The largest absolute Gasteiger partial charge is 0.391 e. The summed E-state index contributed by atoms with van der Waals surface area (Å²) in [5, 5.41) is 10.4. The van der Waals surface area contributed by atoms with Crippen molar-refractivity contribution < 1.29 is 22.7 Å². The van der Waals surface area contributed by atoms with Crippen molar-refractivity contribution in [3.05, 3.63) is 12.2 Å². The van der Waals surface area contributed by atoms with Gasteiger partial charge in [0, 0.05) is 0 Å². The molecule has 140 valence electrons. The Morgan fingerprint density at radius 1 is 1.12 bits per heavy atom. The summed E-state index contributed by atoms with van der Waals surface area (Å²) in [5.74, 6) is 0.163. The van der Waals surface area contributed by atoms with Gasteiger partial charge in [0.25, 0.3) is 0 Å². The Morgan fingerprint density at radius 3 is 2.44 bits per heavy atom. The van der Waals surface area contributed by atoms with Gasteiger partial charge in [-0.2, -0.15) is 12.7 Å². The number of alkyl halides is 1. The molecule has 25 heavy (non-hydrogen) atoms. The summed E-state index contributed by atoms with van der Waals surface area (Å²) in [6, 6.07) is -1.17. The Labute approximate surface area is 147 Å². The first-order chi connectivity index (χ1) is 11.8.